The van der Waals surface area contributed by atoms with Crippen molar-refractivity contribution in [1.82, 2.24) is 10.9 Å². The smallest absolute Gasteiger partial charge is 0.279 e. The van der Waals surface area contributed by atoms with Gasteiger partial charge in [-0.3, -0.25) is 20.4 Å². The van der Waals surface area contributed by atoms with Crippen LogP contribution < -0.4 is 20.3 Å². The Hall–Kier alpha value is -3.02. The summed E-state index contributed by atoms with van der Waals surface area (Å²) in [5.74, 6) is 1.01. The minimum atomic E-state index is -0.744. The van der Waals surface area contributed by atoms with Crippen LogP contribution in [0.2, 0.25) is 0 Å². The summed E-state index contributed by atoms with van der Waals surface area (Å²) in [7, 11) is 1.59. The second-order valence-electron chi connectivity index (χ2n) is 6.67. The van der Waals surface area contributed by atoms with E-state index in [0.29, 0.717) is 11.7 Å². The summed E-state index contributed by atoms with van der Waals surface area (Å²) in [6, 6.07) is 14.9. The molecule has 0 saturated carbocycles. The molecule has 2 aromatic carbocycles. The predicted octanol–water partition coefficient (Wildman–Crippen LogP) is 3.37. The molecule has 28 heavy (non-hydrogen) atoms. The zero-order valence-corrected chi connectivity index (χ0v) is 16.8. The summed E-state index contributed by atoms with van der Waals surface area (Å²) in [4.78, 5) is 24.3. The van der Waals surface area contributed by atoms with Crippen molar-refractivity contribution in [1.29, 1.82) is 0 Å². The topological polar surface area (TPSA) is 76.7 Å². The van der Waals surface area contributed by atoms with Gasteiger partial charge in [0.2, 0.25) is 5.91 Å². The highest BCUT2D eigenvalue weighted by molar-refractivity contribution is 5.85. The van der Waals surface area contributed by atoms with Gasteiger partial charge < -0.3 is 9.47 Å². The zero-order valence-electron chi connectivity index (χ0n) is 16.8. The van der Waals surface area contributed by atoms with Crippen molar-refractivity contribution >= 4 is 11.8 Å². The van der Waals surface area contributed by atoms with Crippen molar-refractivity contribution in [2.75, 3.05) is 7.11 Å². The van der Waals surface area contributed by atoms with Gasteiger partial charge in [-0.1, -0.05) is 44.2 Å². The molecule has 2 aromatic rings. The molecular formula is C22H28N2O4. The van der Waals surface area contributed by atoms with E-state index in [9.17, 15) is 9.59 Å². The van der Waals surface area contributed by atoms with Crippen molar-refractivity contribution in [3.05, 3.63) is 59.7 Å². The molecule has 0 aliphatic rings. The maximum atomic E-state index is 12.3. The van der Waals surface area contributed by atoms with E-state index in [4.69, 9.17) is 9.47 Å². The van der Waals surface area contributed by atoms with E-state index in [2.05, 4.69) is 24.7 Å². The number of benzene rings is 2. The number of nitrogens with one attached hydrogen (secondary N) is 2. The summed E-state index contributed by atoms with van der Waals surface area (Å²) < 4.78 is 10.9. The van der Waals surface area contributed by atoms with Gasteiger partial charge in [-0.15, -0.1) is 0 Å². The number of hydrazine groups is 1. The molecule has 0 saturated heterocycles. The Morgan fingerprint density at radius 1 is 1.00 bits per heavy atom. The Balaban J connectivity index is 1.86. The fraction of sp³-hybridized carbons (Fsp3) is 0.364. The molecule has 2 rings (SSSR count). The summed E-state index contributed by atoms with van der Waals surface area (Å²) in [5, 5.41) is 0. The number of carbonyl (C=O) groups is 2. The Labute approximate surface area is 166 Å². The molecule has 2 unspecified atom stereocenters. The molecule has 0 aliphatic heterocycles. The molecular weight excluding hydrogens is 356 g/mol. The second-order valence-corrected chi connectivity index (χ2v) is 6.67. The first-order chi connectivity index (χ1) is 13.4. The van der Waals surface area contributed by atoms with Gasteiger partial charge in [-0.2, -0.15) is 0 Å². The number of methoxy groups -OCH3 is 1. The van der Waals surface area contributed by atoms with Crippen LogP contribution >= 0.6 is 0 Å². The molecule has 0 heterocycles. The third-order valence-electron chi connectivity index (χ3n) is 4.58. The molecule has 0 bridgehead atoms. The number of carbonyl (C=O) groups excluding carboxylic acids is 2. The Morgan fingerprint density at radius 3 is 2.32 bits per heavy atom. The first kappa shape index (κ1) is 21.3. The lowest BCUT2D eigenvalue weighted by Gasteiger charge is -2.19. The fourth-order valence-electron chi connectivity index (χ4n) is 2.66. The van der Waals surface area contributed by atoms with Gasteiger partial charge in [-0.25, -0.2) is 0 Å². The van der Waals surface area contributed by atoms with Crippen LogP contribution in [0.1, 0.15) is 44.2 Å². The van der Waals surface area contributed by atoms with Crippen LogP contribution in [-0.4, -0.2) is 25.0 Å². The lowest BCUT2D eigenvalue weighted by atomic mass is 9.98. The van der Waals surface area contributed by atoms with Crippen molar-refractivity contribution in [3.63, 3.8) is 0 Å². The molecule has 2 amide bonds. The van der Waals surface area contributed by atoms with Crippen LogP contribution in [0.15, 0.2) is 48.5 Å². The molecule has 6 nitrogen and oxygen atoms in total. The van der Waals surface area contributed by atoms with Gasteiger partial charge in [0.05, 0.1) is 13.5 Å². The molecule has 2 atom stereocenters. The van der Waals surface area contributed by atoms with E-state index in [-0.39, 0.29) is 12.3 Å². The van der Waals surface area contributed by atoms with E-state index in [1.807, 2.05) is 24.3 Å². The van der Waals surface area contributed by atoms with Crippen molar-refractivity contribution in [2.45, 2.75) is 45.6 Å². The van der Waals surface area contributed by atoms with E-state index in [1.54, 1.807) is 38.3 Å². The zero-order chi connectivity index (χ0) is 20.5. The van der Waals surface area contributed by atoms with Crippen molar-refractivity contribution < 1.29 is 19.1 Å². The van der Waals surface area contributed by atoms with Gasteiger partial charge >= 0.3 is 0 Å². The number of ether oxygens (including phenoxy) is 2. The fourth-order valence-corrected chi connectivity index (χ4v) is 2.66. The normalized spacial score (nSPS) is 12.6. The standard InChI is InChI=1S/C22H28N2O4/c1-5-15(2)19-8-6-7-9-20(19)28-16(3)22(26)24-23-21(25)14-17-10-12-18(27-4)13-11-17/h6-13,15-16H,5,14H2,1-4H3,(H,23,25)(H,24,26). The van der Waals surface area contributed by atoms with Crippen LogP contribution in [0.3, 0.4) is 0 Å². The number of para-hydroxylation sites is 1. The Bertz CT molecular complexity index is 789. The van der Waals surface area contributed by atoms with Crippen LogP contribution in [0.4, 0.5) is 0 Å². The maximum Gasteiger partial charge on any atom is 0.279 e. The quantitative estimate of drug-likeness (QED) is 0.684. The molecule has 0 aromatic heterocycles. The van der Waals surface area contributed by atoms with Gasteiger partial charge in [-0.05, 0) is 48.6 Å². The van der Waals surface area contributed by atoms with E-state index in [0.717, 1.165) is 23.3 Å². The van der Waals surface area contributed by atoms with Gasteiger partial charge in [0.25, 0.3) is 5.91 Å². The van der Waals surface area contributed by atoms with Gasteiger partial charge in [0, 0.05) is 0 Å². The maximum absolute atomic E-state index is 12.3. The lowest BCUT2D eigenvalue weighted by Crippen LogP contribution is -2.47. The lowest BCUT2D eigenvalue weighted by molar-refractivity contribution is -0.132. The third-order valence-corrected chi connectivity index (χ3v) is 4.58. The molecule has 150 valence electrons. The average Bonchev–Trinajstić information content (AvgIpc) is 2.72. The van der Waals surface area contributed by atoms with Gasteiger partial charge in [0.15, 0.2) is 6.10 Å². The molecule has 0 aliphatic carbocycles. The van der Waals surface area contributed by atoms with Crippen molar-refractivity contribution in [3.8, 4) is 11.5 Å². The minimum Gasteiger partial charge on any atom is -0.497 e. The van der Waals surface area contributed by atoms with E-state index >= 15 is 0 Å². The molecule has 2 N–H and O–H groups in total. The van der Waals surface area contributed by atoms with Crippen LogP contribution in [-0.2, 0) is 16.0 Å². The summed E-state index contributed by atoms with van der Waals surface area (Å²) in [6.07, 6.45) is 0.380. The monoisotopic (exact) mass is 384 g/mol. The summed E-state index contributed by atoms with van der Waals surface area (Å²) >= 11 is 0. The predicted molar refractivity (Wildman–Crippen MR) is 108 cm³/mol. The molecule has 0 fully saturated rings. The number of amides is 2. The Kier molecular flexibility index (Phi) is 7.87. The summed E-state index contributed by atoms with van der Waals surface area (Å²) in [6.45, 7) is 5.88. The average molecular weight is 384 g/mol. The highest BCUT2D eigenvalue weighted by Crippen LogP contribution is 2.29. The molecule has 6 heteroatoms. The largest absolute Gasteiger partial charge is 0.497 e. The minimum absolute atomic E-state index is 0.149. The second kappa shape index (κ2) is 10.3. The number of hydrogen-bond acceptors (Lipinski definition) is 4. The van der Waals surface area contributed by atoms with Crippen LogP contribution in [0.25, 0.3) is 0 Å². The number of rotatable bonds is 8. The highest BCUT2D eigenvalue weighted by Gasteiger charge is 2.18. The van der Waals surface area contributed by atoms with Gasteiger partial charge in [0.1, 0.15) is 11.5 Å². The Morgan fingerprint density at radius 2 is 1.68 bits per heavy atom. The van der Waals surface area contributed by atoms with Crippen molar-refractivity contribution in [2.24, 2.45) is 0 Å². The SMILES string of the molecule is CCC(C)c1ccccc1OC(C)C(=O)NNC(=O)Cc1ccc(OC)cc1. The molecule has 0 spiro atoms. The third kappa shape index (κ3) is 6.01. The first-order valence-corrected chi connectivity index (χ1v) is 9.41. The van der Waals surface area contributed by atoms with E-state index in [1.165, 1.54) is 0 Å². The first-order valence-electron chi connectivity index (χ1n) is 9.41. The summed E-state index contributed by atoms with van der Waals surface area (Å²) in [5.41, 5.74) is 6.73. The van der Waals surface area contributed by atoms with Crippen LogP contribution in [0, 0.1) is 0 Å². The highest BCUT2D eigenvalue weighted by atomic mass is 16.5. The molecule has 0 radical (unpaired) electrons. The van der Waals surface area contributed by atoms with E-state index < -0.39 is 12.0 Å². The number of hydrogen-bond donors (Lipinski definition) is 2. The van der Waals surface area contributed by atoms with Crippen LogP contribution in [0.5, 0.6) is 11.5 Å².